The van der Waals surface area contributed by atoms with E-state index in [-0.39, 0.29) is 5.82 Å². The van der Waals surface area contributed by atoms with E-state index in [1.807, 2.05) is 6.07 Å². The first kappa shape index (κ1) is 12.1. The first-order chi connectivity index (χ1) is 8.74. The Balaban J connectivity index is 1.82. The second-order valence-corrected chi connectivity index (χ2v) is 5.59. The van der Waals surface area contributed by atoms with Crippen LogP contribution in [0, 0.1) is 5.82 Å². The van der Waals surface area contributed by atoms with Gasteiger partial charge in [0.05, 0.1) is 0 Å². The number of likely N-dealkylation sites (N-methyl/N-ethyl adjacent to an activating group) is 1. The predicted octanol–water partition coefficient (Wildman–Crippen LogP) is 2.45. The molecular weight excluding hydrogens is 227 g/mol. The molecule has 98 valence electrons. The van der Waals surface area contributed by atoms with Gasteiger partial charge in [0.15, 0.2) is 0 Å². The molecule has 0 spiro atoms. The van der Waals surface area contributed by atoms with E-state index in [1.165, 1.54) is 24.0 Å². The van der Waals surface area contributed by atoms with Crippen LogP contribution < -0.4 is 0 Å². The number of nitrogens with zero attached hydrogens (tertiary/aromatic N) is 2. The van der Waals surface area contributed by atoms with Crippen molar-refractivity contribution in [1.82, 2.24) is 9.80 Å². The van der Waals surface area contributed by atoms with Gasteiger partial charge in [-0.3, -0.25) is 4.90 Å². The van der Waals surface area contributed by atoms with Gasteiger partial charge in [0.2, 0.25) is 0 Å². The first-order valence-electron chi connectivity index (χ1n) is 6.95. The molecule has 1 saturated heterocycles. The maximum Gasteiger partial charge on any atom is 0.123 e. The summed E-state index contributed by atoms with van der Waals surface area (Å²) in [6.07, 6.45) is 3.45. The Kier molecular flexibility index (Phi) is 3.35. The SMILES string of the molecule is CN1CCN(C2CCCc3cc(F)ccc32)CC1. The van der Waals surface area contributed by atoms with Gasteiger partial charge < -0.3 is 4.90 Å². The van der Waals surface area contributed by atoms with Gasteiger partial charge in [-0.15, -0.1) is 0 Å². The van der Waals surface area contributed by atoms with Crippen LogP contribution in [0.15, 0.2) is 18.2 Å². The highest BCUT2D eigenvalue weighted by atomic mass is 19.1. The molecule has 0 amide bonds. The van der Waals surface area contributed by atoms with E-state index in [9.17, 15) is 4.39 Å². The number of hydrogen-bond donors (Lipinski definition) is 0. The van der Waals surface area contributed by atoms with Crippen LogP contribution in [0.4, 0.5) is 4.39 Å². The quantitative estimate of drug-likeness (QED) is 0.753. The van der Waals surface area contributed by atoms with Gasteiger partial charge in [0.1, 0.15) is 5.82 Å². The minimum absolute atomic E-state index is 0.0900. The van der Waals surface area contributed by atoms with Crippen molar-refractivity contribution in [1.29, 1.82) is 0 Å². The smallest absolute Gasteiger partial charge is 0.123 e. The van der Waals surface area contributed by atoms with Crippen molar-refractivity contribution in [3.8, 4) is 0 Å². The van der Waals surface area contributed by atoms with Crippen molar-refractivity contribution >= 4 is 0 Å². The number of halogens is 1. The van der Waals surface area contributed by atoms with Gasteiger partial charge >= 0.3 is 0 Å². The Hall–Kier alpha value is -0.930. The molecule has 0 bridgehead atoms. The minimum atomic E-state index is -0.0900. The third kappa shape index (κ3) is 2.29. The number of fused-ring (bicyclic) bond motifs is 1. The van der Waals surface area contributed by atoms with Gasteiger partial charge in [0, 0.05) is 32.2 Å². The van der Waals surface area contributed by atoms with Gasteiger partial charge in [-0.25, -0.2) is 4.39 Å². The monoisotopic (exact) mass is 248 g/mol. The lowest BCUT2D eigenvalue weighted by atomic mass is 9.86. The molecule has 3 rings (SSSR count). The fourth-order valence-corrected chi connectivity index (χ4v) is 3.27. The summed E-state index contributed by atoms with van der Waals surface area (Å²) in [5.41, 5.74) is 2.59. The van der Waals surface area contributed by atoms with Gasteiger partial charge in [-0.05, 0) is 49.6 Å². The zero-order valence-corrected chi connectivity index (χ0v) is 11.0. The zero-order valence-electron chi connectivity index (χ0n) is 11.0. The molecule has 18 heavy (non-hydrogen) atoms. The van der Waals surface area contributed by atoms with Crippen LogP contribution in [0.25, 0.3) is 0 Å². The molecule has 1 aromatic carbocycles. The topological polar surface area (TPSA) is 6.48 Å². The lowest BCUT2D eigenvalue weighted by Gasteiger charge is -2.40. The molecular formula is C15H21FN2. The fourth-order valence-electron chi connectivity index (χ4n) is 3.27. The van der Waals surface area contributed by atoms with E-state index in [4.69, 9.17) is 0 Å². The largest absolute Gasteiger partial charge is 0.304 e. The van der Waals surface area contributed by atoms with Crippen LogP contribution in [-0.2, 0) is 6.42 Å². The van der Waals surface area contributed by atoms with Gasteiger partial charge in [-0.2, -0.15) is 0 Å². The summed E-state index contributed by atoms with van der Waals surface area (Å²) in [5.74, 6) is -0.0900. The Labute approximate surface area is 108 Å². The third-order valence-electron chi connectivity index (χ3n) is 4.37. The first-order valence-corrected chi connectivity index (χ1v) is 6.95. The van der Waals surface area contributed by atoms with Crippen LogP contribution in [-0.4, -0.2) is 43.0 Å². The number of hydrogen-bond acceptors (Lipinski definition) is 2. The Morgan fingerprint density at radius 2 is 1.94 bits per heavy atom. The van der Waals surface area contributed by atoms with Crippen molar-refractivity contribution in [3.05, 3.63) is 35.1 Å². The van der Waals surface area contributed by atoms with Crippen LogP contribution in [0.1, 0.15) is 30.0 Å². The summed E-state index contributed by atoms with van der Waals surface area (Å²) in [4.78, 5) is 4.96. The molecule has 0 aromatic heterocycles. The second kappa shape index (κ2) is 4.98. The van der Waals surface area contributed by atoms with Crippen molar-refractivity contribution in [2.24, 2.45) is 0 Å². The molecule has 1 atom stereocenters. The van der Waals surface area contributed by atoms with E-state index in [0.29, 0.717) is 6.04 Å². The molecule has 2 aliphatic rings. The molecule has 1 aliphatic heterocycles. The summed E-state index contributed by atoms with van der Waals surface area (Å²) >= 11 is 0. The normalized spacial score (nSPS) is 26.0. The Bertz CT molecular complexity index is 425. The summed E-state index contributed by atoms with van der Waals surface area (Å²) in [6.45, 7) is 4.57. The van der Waals surface area contributed by atoms with E-state index in [1.54, 1.807) is 12.1 Å². The molecule has 2 nitrogen and oxygen atoms in total. The van der Waals surface area contributed by atoms with Gasteiger partial charge in [-0.1, -0.05) is 6.07 Å². The summed E-state index contributed by atoms with van der Waals surface area (Å²) in [6, 6.07) is 5.88. The highest BCUT2D eigenvalue weighted by Gasteiger charge is 2.27. The van der Waals surface area contributed by atoms with Crippen molar-refractivity contribution in [2.45, 2.75) is 25.3 Å². The molecule has 1 heterocycles. The van der Waals surface area contributed by atoms with E-state index in [2.05, 4.69) is 16.8 Å². The summed E-state index contributed by atoms with van der Waals surface area (Å²) in [5, 5.41) is 0. The highest BCUT2D eigenvalue weighted by molar-refractivity contribution is 5.33. The van der Waals surface area contributed by atoms with Crippen LogP contribution in [0.3, 0.4) is 0 Å². The number of aryl methyl sites for hydroxylation is 1. The molecule has 0 saturated carbocycles. The van der Waals surface area contributed by atoms with Crippen molar-refractivity contribution in [3.63, 3.8) is 0 Å². The average Bonchev–Trinajstić information content (AvgIpc) is 2.38. The third-order valence-corrected chi connectivity index (χ3v) is 4.37. The molecule has 1 aromatic rings. The van der Waals surface area contributed by atoms with E-state index in [0.717, 1.165) is 32.6 Å². The van der Waals surface area contributed by atoms with Crippen LogP contribution >= 0.6 is 0 Å². The number of piperazine rings is 1. The maximum absolute atomic E-state index is 13.3. The predicted molar refractivity (Wildman–Crippen MR) is 71.1 cm³/mol. The Morgan fingerprint density at radius 3 is 2.72 bits per heavy atom. The molecule has 1 aliphatic carbocycles. The van der Waals surface area contributed by atoms with Crippen LogP contribution in [0.2, 0.25) is 0 Å². The van der Waals surface area contributed by atoms with E-state index < -0.39 is 0 Å². The highest BCUT2D eigenvalue weighted by Crippen LogP contribution is 2.34. The number of rotatable bonds is 1. The van der Waals surface area contributed by atoms with E-state index >= 15 is 0 Å². The molecule has 0 radical (unpaired) electrons. The maximum atomic E-state index is 13.3. The number of benzene rings is 1. The molecule has 0 N–H and O–H groups in total. The standard InChI is InChI=1S/C15H21FN2/c1-17-7-9-18(10-8-17)15-4-2-3-12-11-13(16)5-6-14(12)15/h5-6,11,15H,2-4,7-10H2,1H3. The van der Waals surface area contributed by atoms with Gasteiger partial charge in [0.25, 0.3) is 0 Å². The zero-order chi connectivity index (χ0) is 12.5. The van der Waals surface area contributed by atoms with Crippen LogP contribution in [0.5, 0.6) is 0 Å². The summed E-state index contributed by atoms with van der Waals surface area (Å²) < 4.78 is 13.3. The lowest BCUT2D eigenvalue weighted by Crippen LogP contribution is -2.46. The lowest BCUT2D eigenvalue weighted by molar-refractivity contribution is 0.102. The van der Waals surface area contributed by atoms with Crippen molar-refractivity contribution < 1.29 is 4.39 Å². The fraction of sp³-hybridized carbons (Fsp3) is 0.600. The molecule has 1 unspecified atom stereocenters. The molecule has 1 fully saturated rings. The second-order valence-electron chi connectivity index (χ2n) is 5.59. The minimum Gasteiger partial charge on any atom is -0.304 e. The summed E-state index contributed by atoms with van der Waals surface area (Å²) in [7, 11) is 2.18. The average molecular weight is 248 g/mol. The Morgan fingerprint density at radius 1 is 1.17 bits per heavy atom. The van der Waals surface area contributed by atoms with Crippen molar-refractivity contribution in [2.75, 3.05) is 33.2 Å². The molecule has 3 heteroatoms.